The van der Waals surface area contributed by atoms with Crippen molar-refractivity contribution in [2.24, 2.45) is 0 Å². The second-order valence-electron chi connectivity index (χ2n) is 6.07. The van der Waals surface area contributed by atoms with Gasteiger partial charge in [0.2, 0.25) is 21.9 Å². The van der Waals surface area contributed by atoms with E-state index in [2.05, 4.69) is 30.4 Å². The molecular formula is C14H17N7O2S. The highest BCUT2D eigenvalue weighted by atomic mass is 32.1. The standard InChI is InChI=1S/C14H17N7O2S/c1-8-6-21-12(15-8)24-13(18-21)20-5-4-14(7-20,17-9(2)22)11-16-10(3)23-19-11/h6H,4-5,7H2,1-3H3,(H,17,22). The Morgan fingerprint density at radius 3 is 2.92 bits per heavy atom. The maximum Gasteiger partial charge on any atom is 0.223 e. The van der Waals surface area contributed by atoms with Gasteiger partial charge >= 0.3 is 0 Å². The lowest BCUT2D eigenvalue weighted by Crippen LogP contribution is -2.48. The van der Waals surface area contributed by atoms with Crippen molar-refractivity contribution in [2.45, 2.75) is 32.7 Å². The molecule has 10 heteroatoms. The number of anilines is 1. The average molecular weight is 347 g/mol. The Kier molecular flexibility index (Phi) is 3.30. The van der Waals surface area contributed by atoms with Gasteiger partial charge in [-0.25, -0.2) is 9.50 Å². The van der Waals surface area contributed by atoms with Crippen LogP contribution >= 0.6 is 11.3 Å². The maximum atomic E-state index is 11.7. The molecule has 0 saturated carbocycles. The Morgan fingerprint density at radius 1 is 1.42 bits per heavy atom. The zero-order valence-electron chi connectivity index (χ0n) is 13.6. The minimum atomic E-state index is -0.659. The van der Waals surface area contributed by atoms with Gasteiger partial charge in [-0.15, -0.1) is 5.10 Å². The highest BCUT2D eigenvalue weighted by molar-refractivity contribution is 7.20. The van der Waals surface area contributed by atoms with Crippen molar-refractivity contribution < 1.29 is 9.32 Å². The highest BCUT2D eigenvalue weighted by Gasteiger charge is 2.45. The van der Waals surface area contributed by atoms with Crippen LogP contribution in [0.1, 0.15) is 30.8 Å². The van der Waals surface area contributed by atoms with E-state index in [1.807, 2.05) is 13.1 Å². The first-order valence-corrected chi connectivity index (χ1v) is 8.44. The van der Waals surface area contributed by atoms with Gasteiger partial charge in [-0.2, -0.15) is 4.98 Å². The third-order valence-electron chi connectivity index (χ3n) is 4.06. The lowest BCUT2D eigenvalue weighted by molar-refractivity contribution is -0.120. The Labute approximate surface area is 141 Å². The molecule has 4 heterocycles. The van der Waals surface area contributed by atoms with Crippen molar-refractivity contribution in [1.82, 2.24) is 30.1 Å². The molecule has 1 aliphatic heterocycles. The largest absolute Gasteiger partial charge is 0.344 e. The van der Waals surface area contributed by atoms with E-state index in [-0.39, 0.29) is 5.91 Å². The molecule has 1 fully saturated rings. The number of amides is 1. The fourth-order valence-corrected chi connectivity index (χ4v) is 4.02. The highest BCUT2D eigenvalue weighted by Crippen LogP contribution is 2.35. The number of nitrogens with one attached hydrogen (secondary N) is 1. The van der Waals surface area contributed by atoms with Crippen molar-refractivity contribution in [2.75, 3.05) is 18.0 Å². The van der Waals surface area contributed by atoms with Gasteiger partial charge in [0.05, 0.1) is 18.4 Å². The third-order valence-corrected chi connectivity index (χ3v) is 5.05. The Hall–Kier alpha value is -2.49. The van der Waals surface area contributed by atoms with Gasteiger partial charge in [0.1, 0.15) is 5.54 Å². The number of fused-ring (bicyclic) bond motifs is 1. The Bertz CT molecular complexity index is 882. The summed E-state index contributed by atoms with van der Waals surface area (Å²) in [7, 11) is 0. The van der Waals surface area contributed by atoms with Crippen molar-refractivity contribution in [1.29, 1.82) is 0 Å². The molecule has 1 saturated heterocycles. The first-order chi connectivity index (χ1) is 11.4. The normalized spacial score (nSPS) is 20.9. The van der Waals surface area contributed by atoms with Crippen LogP contribution in [0.25, 0.3) is 4.96 Å². The van der Waals surface area contributed by atoms with Crippen LogP contribution in [-0.2, 0) is 10.3 Å². The molecule has 0 bridgehead atoms. The van der Waals surface area contributed by atoms with Gasteiger partial charge < -0.3 is 14.7 Å². The van der Waals surface area contributed by atoms with E-state index in [0.717, 1.165) is 22.3 Å². The number of nitrogens with zero attached hydrogens (tertiary/aromatic N) is 6. The quantitative estimate of drug-likeness (QED) is 0.755. The van der Waals surface area contributed by atoms with E-state index in [1.54, 1.807) is 11.4 Å². The van der Waals surface area contributed by atoms with Crippen LogP contribution in [0.5, 0.6) is 0 Å². The van der Waals surface area contributed by atoms with Gasteiger partial charge in [-0.1, -0.05) is 16.5 Å². The van der Waals surface area contributed by atoms with Crippen molar-refractivity contribution >= 4 is 27.3 Å². The molecule has 0 radical (unpaired) electrons. The number of hydrogen-bond acceptors (Lipinski definition) is 8. The first kappa shape index (κ1) is 15.1. The summed E-state index contributed by atoms with van der Waals surface area (Å²) >= 11 is 1.53. The van der Waals surface area contributed by atoms with Gasteiger partial charge in [0.15, 0.2) is 5.82 Å². The predicted octanol–water partition coefficient (Wildman–Crippen LogP) is 1.03. The fraction of sp³-hybridized carbons (Fsp3) is 0.500. The first-order valence-electron chi connectivity index (χ1n) is 7.62. The summed E-state index contributed by atoms with van der Waals surface area (Å²) in [6, 6.07) is 0. The number of aromatic nitrogens is 5. The molecule has 1 amide bonds. The zero-order chi connectivity index (χ0) is 16.9. The zero-order valence-corrected chi connectivity index (χ0v) is 14.4. The maximum absolute atomic E-state index is 11.7. The molecule has 0 aromatic carbocycles. The minimum absolute atomic E-state index is 0.121. The molecule has 3 aromatic heterocycles. The van der Waals surface area contributed by atoms with Crippen LogP contribution < -0.4 is 10.2 Å². The Balaban J connectivity index is 1.65. The minimum Gasteiger partial charge on any atom is -0.344 e. The summed E-state index contributed by atoms with van der Waals surface area (Å²) in [6.45, 7) is 6.46. The summed E-state index contributed by atoms with van der Waals surface area (Å²) in [5, 5.41) is 12.5. The molecule has 1 atom stereocenters. The van der Waals surface area contributed by atoms with Gasteiger partial charge in [0.25, 0.3) is 0 Å². The smallest absolute Gasteiger partial charge is 0.223 e. The van der Waals surface area contributed by atoms with Crippen LogP contribution in [0.3, 0.4) is 0 Å². The lowest BCUT2D eigenvalue weighted by atomic mass is 9.97. The number of rotatable bonds is 3. The lowest BCUT2D eigenvalue weighted by Gasteiger charge is -2.26. The van der Waals surface area contributed by atoms with Crippen molar-refractivity contribution in [3.8, 4) is 0 Å². The van der Waals surface area contributed by atoms with Gasteiger partial charge in [0, 0.05) is 20.4 Å². The topological polar surface area (TPSA) is 101 Å². The molecule has 9 nitrogen and oxygen atoms in total. The molecule has 1 N–H and O–H groups in total. The van der Waals surface area contributed by atoms with Crippen LogP contribution in [0.2, 0.25) is 0 Å². The summed E-state index contributed by atoms with van der Waals surface area (Å²) in [6.07, 6.45) is 2.58. The number of hydrogen-bond donors (Lipinski definition) is 1. The molecule has 4 rings (SSSR count). The second-order valence-corrected chi connectivity index (χ2v) is 7.00. The molecule has 0 aliphatic carbocycles. The van der Waals surface area contributed by atoms with Gasteiger partial charge in [-0.05, 0) is 13.3 Å². The molecule has 126 valence electrons. The van der Waals surface area contributed by atoms with E-state index >= 15 is 0 Å². The third kappa shape index (κ3) is 2.42. The molecule has 24 heavy (non-hydrogen) atoms. The number of carbonyl (C=O) groups excluding carboxylic acids is 1. The second kappa shape index (κ2) is 5.26. The fourth-order valence-electron chi connectivity index (χ4n) is 3.07. The molecule has 1 unspecified atom stereocenters. The molecule has 0 spiro atoms. The summed E-state index contributed by atoms with van der Waals surface area (Å²) in [5.41, 5.74) is 0.282. The van der Waals surface area contributed by atoms with Crippen LogP contribution in [0, 0.1) is 13.8 Å². The van der Waals surface area contributed by atoms with E-state index in [1.165, 1.54) is 18.3 Å². The van der Waals surface area contributed by atoms with E-state index < -0.39 is 5.54 Å². The monoisotopic (exact) mass is 347 g/mol. The van der Waals surface area contributed by atoms with E-state index in [0.29, 0.717) is 24.7 Å². The van der Waals surface area contributed by atoms with Crippen LogP contribution in [-0.4, -0.2) is 43.7 Å². The number of aryl methyl sites for hydroxylation is 2. The molecule has 1 aliphatic rings. The summed E-state index contributed by atoms with van der Waals surface area (Å²) in [5.74, 6) is 0.870. The van der Waals surface area contributed by atoms with Crippen LogP contribution in [0.4, 0.5) is 5.13 Å². The van der Waals surface area contributed by atoms with Crippen molar-refractivity contribution in [3.05, 3.63) is 23.6 Å². The van der Waals surface area contributed by atoms with E-state index in [4.69, 9.17) is 4.52 Å². The Morgan fingerprint density at radius 2 is 2.25 bits per heavy atom. The van der Waals surface area contributed by atoms with Gasteiger partial charge in [-0.3, -0.25) is 4.79 Å². The average Bonchev–Trinajstić information content (AvgIpc) is 3.21. The molecular weight excluding hydrogens is 330 g/mol. The number of carbonyl (C=O) groups is 1. The van der Waals surface area contributed by atoms with E-state index in [9.17, 15) is 4.79 Å². The SMILES string of the molecule is CC(=O)NC1(c2noc(C)n2)CCN(c2nn3cc(C)nc3s2)C1. The summed E-state index contributed by atoms with van der Waals surface area (Å²) < 4.78 is 6.90. The summed E-state index contributed by atoms with van der Waals surface area (Å²) in [4.78, 5) is 23.5. The van der Waals surface area contributed by atoms with Crippen LogP contribution in [0.15, 0.2) is 10.7 Å². The predicted molar refractivity (Wildman–Crippen MR) is 87.0 cm³/mol. The van der Waals surface area contributed by atoms with Crippen molar-refractivity contribution in [3.63, 3.8) is 0 Å². The number of imidazole rings is 1. The molecule has 3 aromatic rings.